The van der Waals surface area contributed by atoms with Gasteiger partial charge in [0.2, 0.25) is 5.78 Å². The van der Waals surface area contributed by atoms with Gasteiger partial charge in [-0.1, -0.05) is 73.7 Å². The minimum Gasteiger partial charge on any atom is -0.510 e. The third-order valence-corrected chi connectivity index (χ3v) is 9.88. The molecule has 11 nitrogen and oxygen atoms in total. The lowest BCUT2D eigenvalue weighted by Gasteiger charge is -2.53. The summed E-state index contributed by atoms with van der Waals surface area (Å²) in [5.41, 5.74) is 3.60. The van der Waals surface area contributed by atoms with E-state index < -0.39 is 75.6 Å². The molecule has 3 aliphatic rings. The van der Waals surface area contributed by atoms with Crippen LogP contribution in [0.25, 0.3) is 0 Å². The molecular weight excluding hydrogens is 602 g/mol. The molecule has 0 saturated heterocycles. The molecule has 0 saturated carbocycles. The third-order valence-electron chi connectivity index (χ3n) is 9.88. The van der Waals surface area contributed by atoms with Gasteiger partial charge in [-0.2, -0.15) is 0 Å². The Labute approximate surface area is 271 Å². The van der Waals surface area contributed by atoms with Crippen molar-refractivity contribution < 1.29 is 39.9 Å². The number of benzene rings is 3. The van der Waals surface area contributed by atoms with E-state index in [2.05, 4.69) is 0 Å². The molecule has 7 N–H and O–H groups in total. The van der Waals surface area contributed by atoms with Crippen molar-refractivity contribution in [1.29, 1.82) is 0 Å². The maximum Gasteiger partial charge on any atom is 0.255 e. The van der Waals surface area contributed by atoms with Gasteiger partial charge in [0.25, 0.3) is 5.91 Å². The van der Waals surface area contributed by atoms with Crippen LogP contribution in [0.5, 0.6) is 5.75 Å². The molecule has 47 heavy (non-hydrogen) atoms. The van der Waals surface area contributed by atoms with Crippen molar-refractivity contribution in [3.05, 3.63) is 118 Å². The summed E-state index contributed by atoms with van der Waals surface area (Å²) in [5.74, 6) is -9.18. The summed E-state index contributed by atoms with van der Waals surface area (Å²) in [6, 6.07) is 21.3. The second kappa shape index (κ2) is 11.7. The van der Waals surface area contributed by atoms with Crippen molar-refractivity contribution >= 4 is 23.2 Å². The van der Waals surface area contributed by atoms with Gasteiger partial charge >= 0.3 is 0 Å². The van der Waals surface area contributed by atoms with E-state index in [0.717, 1.165) is 11.1 Å². The fourth-order valence-corrected chi connectivity index (χ4v) is 7.70. The zero-order chi connectivity index (χ0) is 33.9. The predicted molar refractivity (Wildman–Crippen MR) is 173 cm³/mol. The number of carbonyl (C=O) groups is 3. The highest BCUT2D eigenvalue weighted by atomic mass is 16.4. The molecule has 3 aliphatic carbocycles. The zero-order valence-electron chi connectivity index (χ0n) is 26.2. The van der Waals surface area contributed by atoms with Gasteiger partial charge in [-0.05, 0) is 42.8 Å². The predicted octanol–water partition coefficient (Wildman–Crippen LogP) is 2.86. The second-order valence-corrected chi connectivity index (χ2v) is 12.8. The number of hydrogen-bond acceptors (Lipinski definition) is 10. The van der Waals surface area contributed by atoms with Crippen LogP contribution in [-0.2, 0) is 22.7 Å². The van der Waals surface area contributed by atoms with Gasteiger partial charge in [0.05, 0.1) is 29.3 Å². The number of phenols is 1. The van der Waals surface area contributed by atoms with Gasteiger partial charge < -0.3 is 36.2 Å². The lowest BCUT2D eigenvalue weighted by atomic mass is 9.55. The van der Waals surface area contributed by atoms with Gasteiger partial charge in [0.1, 0.15) is 22.8 Å². The maximum absolute atomic E-state index is 14.4. The van der Waals surface area contributed by atoms with Crippen molar-refractivity contribution in [1.82, 2.24) is 4.90 Å². The number of nitrogens with zero attached hydrogens (tertiary/aromatic N) is 2. The first kappa shape index (κ1) is 32.0. The van der Waals surface area contributed by atoms with E-state index in [1.807, 2.05) is 65.6 Å². The number of carbonyl (C=O) groups excluding carboxylic acids is 3. The number of hydrogen-bond donors (Lipinski definition) is 6. The number of nitrogens with two attached hydrogens (primary N) is 1. The van der Waals surface area contributed by atoms with E-state index >= 15 is 0 Å². The number of fused-ring (bicyclic) bond motifs is 3. The zero-order valence-corrected chi connectivity index (χ0v) is 26.2. The molecule has 244 valence electrons. The first-order chi connectivity index (χ1) is 22.3. The minimum atomic E-state index is -2.97. The molecule has 0 fully saturated rings. The Morgan fingerprint density at radius 1 is 0.894 bits per heavy atom. The summed E-state index contributed by atoms with van der Waals surface area (Å²) in [4.78, 5) is 43.7. The van der Waals surface area contributed by atoms with E-state index in [4.69, 9.17) is 5.73 Å². The number of ketones is 2. The molecular formula is C36H37N3O8. The van der Waals surface area contributed by atoms with E-state index in [1.165, 1.54) is 19.0 Å². The summed E-state index contributed by atoms with van der Waals surface area (Å²) in [7, 11) is 3.00. The van der Waals surface area contributed by atoms with Gasteiger partial charge in [0, 0.05) is 24.6 Å². The highest BCUT2D eigenvalue weighted by Gasteiger charge is 2.67. The van der Waals surface area contributed by atoms with Crippen molar-refractivity contribution in [3.63, 3.8) is 0 Å². The minimum absolute atomic E-state index is 0.130. The van der Waals surface area contributed by atoms with Crippen LogP contribution in [0, 0.1) is 11.8 Å². The quantitative estimate of drug-likeness (QED) is 0.210. The lowest BCUT2D eigenvalue weighted by molar-refractivity contribution is -0.162. The number of aromatic hydroxyl groups is 1. The largest absolute Gasteiger partial charge is 0.510 e. The SMILES string of the molecule is CC1c2ccc(N(Cc3ccccc3)Cc3ccccc3)c(O)c2C(=O)C2=C(O)C3(O)C(=O)C(C(N)=O)=C(O)C(N(C)C)C3C(O)C21. The highest BCUT2D eigenvalue weighted by molar-refractivity contribution is 6.25. The van der Waals surface area contributed by atoms with Crippen molar-refractivity contribution in [2.75, 3.05) is 19.0 Å². The van der Waals surface area contributed by atoms with E-state index in [1.54, 1.807) is 19.1 Å². The Hall–Kier alpha value is -4.97. The molecule has 0 spiro atoms. The fourth-order valence-electron chi connectivity index (χ4n) is 7.70. The standard InChI is InChI=1S/C36H37N3O8/c1-18-21-14-15-22(39(16-19-10-6-4-7-11-19)17-20-12-8-5-9-13-20)29(40)24(21)30(41)25-23(18)31(42)27-28(38(2)3)32(43)26(35(37)46)34(45)36(27,47)33(25)44/h4-15,18,23,27-28,31,40,42-44,47H,16-17H2,1-3H3,(H2,37,46). The molecule has 0 aromatic heterocycles. The van der Waals surface area contributed by atoms with Crippen molar-refractivity contribution in [2.45, 2.75) is 43.7 Å². The highest BCUT2D eigenvalue weighted by Crippen LogP contribution is 2.56. The van der Waals surface area contributed by atoms with Gasteiger partial charge in [-0.15, -0.1) is 0 Å². The van der Waals surface area contributed by atoms with E-state index in [0.29, 0.717) is 24.3 Å². The number of likely N-dealkylation sites (N-methyl/N-ethyl adjacent to an activating group) is 1. The summed E-state index contributed by atoms with van der Waals surface area (Å²) >= 11 is 0. The van der Waals surface area contributed by atoms with E-state index in [-0.39, 0.29) is 11.3 Å². The normalized spacial score (nSPS) is 27.0. The molecule has 11 heteroatoms. The third kappa shape index (κ3) is 4.81. The molecule has 0 radical (unpaired) electrons. The first-order valence-electron chi connectivity index (χ1n) is 15.3. The molecule has 3 aromatic carbocycles. The topological polar surface area (TPSA) is 185 Å². The average Bonchev–Trinajstić information content (AvgIpc) is 3.03. The number of phenolic OH excluding ortho intramolecular Hbond substituents is 1. The van der Waals surface area contributed by atoms with Gasteiger partial charge in [0.15, 0.2) is 11.4 Å². The number of Topliss-reactive ketones (excluding diaryl/α,β-unsaturated/α-hetero) is 2. The lowest BCUT2D eigenvalue weighted by Crippen LogP contribution is -2.68. The van der Waals surface area contributed by atoms with Crippen LogP contribution >= 0.6 is 0 Å². The van der Waals surface area contributed by atoms with Gasteiger partial charge in [-0.25, -0.2) is 0 Å². The van der Waals surface area contributed by atoms with Crippen LogP contribution < -0.4 is 10.6 Å². The first-order valence-corrected chi connectivity index (χ1v) is 15.3. The molecule has 6 atom stereocenters. The monoisotopic (exact) mass is 639 g/mol. The summed E-state index contributed by atoms with van der Waals surface area (Å²) in [5, 5.41) is 58.4. The van der Waals surface area contributed by atoms with Crippen LogP contribution in [0.1, 0.15) is 39.9 Å². The number of aliphatic hydroxyl groups excluding tert-OH is 3. The summed E-state index contributed by atoms with van der Waals surface area (Å²) in [6.07, 6.45) is -1.65. The Balaban J connectivity index is 1.52. The molecule has 0 aliphatic heterocycles. The number of rotatable bonds is 7. The number of aliphatic hydroxyl groups is 4. The Kier molecular flexibility index (Phi) is 7.95. The molecule has 0 heterocycles. The van der Waals surface area contributed by atoms with Crippen molar-refractivity contribution in [3.8, 4) is 5.75 Å². The van der Waals surface area contributed by atoms with Gasteiger partial charge in [-0.3, -0.25) is 19.3 Å². The molecule has 6 unspecified atom stereocenters. The van der Waals surface area contributed by atoms with Crippen LogP contribution in [-0.4, -0.2) is 79.7 Å². The number of amides is 1. The van der Waals surface area contributed by atoms with Crippen LogP contribution in [0.3, 0.4) is 0 Å². The number of primary amides is 1. The van der Waals surface area contributed by atoms with E-state index in [9.17, 15) is 39.9 Å². The van der Waals surface area contributed by atoms with Crippen LogP contribution in [0.4, 0.5) is 5.69 Å². The summed E-state index contributed by atoms with van der Waals surface area (Å²) < 4.78 is 0. The van der Waals surface area contributed by atoms with Crippen molar-refractivity contribution in [2.24, 2.45) is 17.6 Å². The Morgan fingerprint density at radius 3 is 1.96 bits per heavy atom. The smallest absolute Gasteiger partial charge is 0.255 e. The Bertz CT molecular complexity index is 1800. The molecule has 3 aromatic rings. The maximum atomic E-state index is 14.4. The summed E-state index contributed by atoms with van der Waals surface area (Å²) in [6.45, 7) is 2.48. The number of anilines is 1. The molecule has 6 rings (SSSR count). The molecule has 0 bridgehead atoms. The fraction of sp³-hybridized carbons (Fsp3) is 0.306. The Morgan fingerprint density at radius 2 is 1.45 bits per heavy atom. The van der Waals surface area contributed by atoms with Crippen LogP contribution in [0.15, 0.2) is 95.5 Å². The molecule has 1 amide bonds. The second-order valence-electron chi connectivity index (χ2n) is 12.8. The average molecular weight is 640 g/mol. The van der Waals surface area contributed by atoms with Crippen LogP contribution in [0.2, 0.25) is 0 Å².